The van der Waals surface area contributed by atoms with Crippen LogP contribution in [0.2, 0.25) is 8.67 Å². The van der Waals surface area contributed by atoms with E-state index in [1.165, 1.54) is 22.7 Å². The van der Waals surface area contributed by atoms with Crippen molar-refractivity contribution >= 4 is 77.7 Å². The van der Waals surface area contributed by atoms with Crippen molar-refractivity contribution in [3.05, 3.63) is 29.8 Å². The molecule has 0 N–H and O–H groups in total. The van der Waals surface area contributed by atoms with E-state index in [4.69, 9.17) is 23.2 Å². The molecule has 0 saturated carbocycles. The van der Waals surface area contributed by atoms with Crippen molar-refractivity contribution in [1.82, 2.24) is 0 Å². The fourth-order valence-corrected chi connectivity index (χ4v) is 5.55. The predicted molar refractivity (Wildman–Crippen MR) is 73.1 cm³/mol. The van der Waals surface area contributed by atoms with Crippen molar-refractivity contribution < 1.29 is 0 Å². The average Bonchev–Trinajstić information content (AvgIpc) is 2.55. The fraction of sp³-hybridized carbons (Fsp3) is 0. The third-order valence-electron chi connectivity index (χ3n) is 1.52. The Labute approximate surface area is 116 Å². The molecule has 0 aliphatic carbocycles. The van der Waals surface area contributed by atoms with Gasteiger partial charge in [-0.25, -0.2) is 0 Å². The van der Waals surface area contributed by atoms with Gasteiger partial charge in [-0.1, -0.05) is 23.2 Å². The molecule has 0 amide bonds. The van der Waals surface area contributed by atoms with Crippen molar-refractivity contribution in [3.63, 3.8) is 0 Å². The van der Waals surface area contributed by atoms with Gasteiger partial charge in [0.2, 0.25) is 0 Å². The van der Waals surface area contributed by atoms with Crippen molar-refractivity contribution in [2.75, 3.05) is 0 Å². The summed E-state index contributed by atoms with van der Waals surface area (Å²) in [6, 6.07) is 3.78. The Balaban J connectivity index is 2.59. The topological polar surface area (TPSA) is 0 Å². The van der Waals surface area contributed by atoms with E-state index in [-0.39, 0.29) is 0 Å². The van der Waals surface area contributed by atoms with Gasteiger partial charge in [0.1, 0.15) is 0 Å². The SMILES string of the molecule is Clc1cc(Br)c(-c2sc(Cl)cc2Br)s1. The molecule has 0 aromatic carbocycles. The number of thiophene rings is 2. The molecule has 6 heteroatoms. The molecule has 0 spiro atoms. The first kappa shape index (κ1) is 11.4. The van der Waals surface area contributed by atoms with E-state index in [9.17, 15) is 0 Å². The van der Waals surface area contributed by atoms with E-state index >= 15 is 0 Å². The van der Waals surface area contributed by atoms with Crippen molar-refractivity contribution in [3.8, 4) is 9.75 Å². The zero-order valence-corrected chi connectivity index (χ0v) is 12.8. The van der Waals surface area contributed by atoms with Crippen LogP contribution in [0.5, 0.6) is 0 Å². The molecule has 2 aromatic rings. The van der Waals surface area contributed by atoms with Crippen molar-refractivity contribution in [2.24, 2.45) is 0 Å². The molecule has 2 rings (SSSR count). The van der Waals surface area contributed by atoms with E-state index in [1.807, 2.05) is 12.1 Å². The van der Waals surface area contributed by atoms with Crippen molar-refractivity contribution in [2.45, 2.75) is 0 Å². The Morgan fingerprint density at radius 1 is 0.857 bits per heavy atom. The number of hydrogen-bond donors (Lipinski definition) is 0. The van der Waals surface area contributed by atoms with Crippen LogP contribution in [0, 0.1) is 0 Å². The second-order valence-electron chi connectivity index (χ2n) is 2.46. The highest BCUT2D eigenvalue weighted by Gasteiger charge is 2.14. The van der Waals surface area contributed by atoms with E-state index in [0.29, 0.717) is 0 Å². The molecule has 0 bridgehead atoms. The minimum atomic E-state index is 0.767. The van der Waals surface area contributed by atoms with E-state index in [2.05, 4.69) is 31.9 Å². The zero-order valence-electron chi connectivity index (χ0n) is 6.48. The first-order valence-electron chi connectivity index (χ1n) is 3.48. The molecule has 2 aromatic heterocycles. The van der Waals surface area contributed by atoms with Gasteiger partial charge in [0.05, 0.1) is 18.4 Å². The van der Waals surface area contributed by atoms with Gasteiger partial charge in [-0.05, 0) is 44.0 Å². The molecule has 74 valence electrons. The third kappa shape index (κ3) is 2.20. The Morgan fingerprint density at radius 2 is 1.21 bits per heavy atom. The molecule has 0 radical (unpaired) electrons. The molecule has 0 saturated heterocycles. The lowest BCUT2D eigenvalue weighted by Crippen LogP contribution is -1.64. The standard InChI is InChI=1S/C8H2Br2Cl2S2/c9-3-1-5(11)13-7(3)8-4(10)2-6(12)14-8/h1-2H. The molecule has 0 aliphatic heterocycles. The fourth-order valence-electron chi connectivity index (χ4n) is 0.991. The highest BCUT2D eigenvalue weighted by Crippen LogP contribution is 2.46. The van der Waals surface area contributed by atoms with Crippen LogP contribution in [0.3, 0.4) is 0 Å². The average molecular weight is 393 g/mol. The summed E-state index contributed by atoms with van der Waals surface area (Å²) in [5.41, 5.74) is 0. The second kappa shape index (κ2) is 4.44. The minimum Gasteiger partial charge on any atom is -0.121 e. The zero-order chi connectivity index (χ0) is 10.3. The lowest BCUT2D eigenvalue weighted by atomic mass is 10.4. The van der Waals surface area contributed by atoms with E-state index < -0.39 is 0 Å². The summed E-state index contributed by atoms with van der Waals surface area (Å²) in [6.45, 7) is 0. The van der Waals surface area contributed by atoms with Gasteiger partial charge >= 0.3 is 0 Å². The minimum absolute atomic E-state index is 0.767. The molecule has 14 heavy (non-hydrogen) atoms. The number of hydrogen-bond acceptors (Lipinski definition) is 2. The molecule has 0 aliphatic rings. The van der Waals surface area contributed by atoms with Crippen LogP contribution in [0.4, 0.5) is 0 Å². The van der Waals surface area contributed by atoms with Crippen LogP contribution in [0.15, 0.2) is 21.1 Å². The monoisotopic (exact) mass is 390 g/mol. The van der Waals surface area contributed by atoms with Gasteiger partial charge in [-0.3, -0.25) is 0 Å². The molecule has 2 heterocycles. The Kier molecular flexibility index (Phi) is 3.62. The largest absolute Gasteiger partial charge is 0.121 e. The van der Waals surface area contributed by atoms with Crippen LogP contribution < -0.4 is 0 Å². The number of rotatable bonds is 1. The Hall–Kier alpha value is 0.940. The smallest absolute Gasteiger partial charge is 0.0946 e. The highest BCUT2D eigenvalue weighted by atomic mass is 79.9. The third-order valence-corrected chi connectivity index (χ3v) is 5.99. The van der Waals surface area contributed by atoms with Crippen LogP contribution in [0.25, 0.3) is 9.75 Å². The van der Waals surface area contributed by atoms with Gasteiger partial charge in [-0.2, -0.15) is 0 Å². The summed E-state index contributed by atoms with van der Waals surface area (Å²) in [7, 11) is 0. The normalized spacial score (nSPS) is 10.9. The molecular formula is C8H2Br2Cl2S2. The van der Waals surface area contributed by atoms with E-state index in [1.54, 1.807) is 0 Å². The summed E-state index contributed by atoms with van der Waals surface area (Å²) < 4.78 is 3.55. The Bertz CT molecular complexity index is 431. The maximum absolute atomic E-state index is 5.92. The first-order valence-corrected chi connectivity index (χ1v) is 7.45. The lowest BCUT2D eigenvalue weighted by Gasteiger charge is -1.93. The summed E-state index contributed by atoms with van der Waals surface area (Å²) >= 11 is 21.8. The maximum Gasteiger partial charge on any atom is 0.0946 e. The van der Waals surface area contributed by atoms with Crippen LogP contribution in [-0.2, 0) is 0 Å². The van der Waals surface area contributed by atoms with Gasteiger partial charge < -0.3 is 0 Å². The number of halogens is 4. The van der Waals surface area contributed by atoms with Crippen LogP contribution in [-0.4, -0.2) is 0 Å². The summed E-state index contributed by atoms with van der Waals surface area (Å²) in [6.07, 6.45) is 0. The highest BCUT2D eigenvalue weighted by molar-refractivity contribution is 9.11. The molecule has 0 unspecified atom stereocenters. The van der Waals surface area contributed by atoms with Gasteiger partial charge in [0, 0.05) is 8.95 Å². The summed E-state index contributed by atoms with van der Waals surface area (Å²) in [5, 5.41) is 0. The Morgan fingerprint density at radius 3 is 1.43 bits per heavy atom. The second-order valence-corrected chi connectivity index (χ2v) is 7.53. The molecular weight excluding hydrogens is 391 g/mol. The summed E-state index contributed by atoms with van der Waals surface area (Å²) in [5.74, 6) is 0. The summed E-state index contributed by atoms with van der Waals surface area (Å²) in [4.78, 5) is 2.22. The maximum atomic E-state index is 5.92. The van der Waals surface area contributed by atoms with Crippen molar-refractivity contribution in [1.29, 1.82) is 0 Å². The van der Waals surface area contributed by atoms with Crippen LogP contribution in [0.1, 0.15) is 0 Å². The van der Waals surface area contributed by atoms with Gasteiger partial charge in [-0.15, -0.1) is 22.7 Å². The molecule has 0 nitrogen and oxygen atoms in total. The predicted octanol–water partition coefficient (Wildman–Crippen LogP) is 6.31. The van der Waals surface area contributed by atoms with E-state index in [0.717, 1.165) is 27.4 Å². The molecule has 0 fully saturated rings. The lowest BCUT2D eigenvalue weighted by molar-refractivity contribution is 1.81. The van der Waals surface area contributed by atoms with Gasteiger partial charge in [0.15, 0.2) is 0 Å². The molecule has 0 atom stereocenters. The van der Waals surface area contributed by atoms with Gasteiger partial charge in [0.25, 0.3) is 0 Å². The van der Waals surface area contributed by atoms with Crippen LogP contribution >= 0.6 is 77.7 Å². The first-order chi connectivity index (χ1) is 6.58. The quantitative estimate of drug-likeness (QED) is 0.533.